The molecule has 1 unspecified atom stereocenters. The molecule has 0 N–H and O–H groups in total. The molecule has 112 valence electrons. The van der Waals surface area contributed by atoms with E-state index < -0.39 is 0 Å². The second-order valence-corrected chi connectivity index (χ2v) is 5.88. The van der Waals surface area contributed by atoms with E-state index in [1.54, 1.807) is 5.56 Å². The summed E-state index contributed by atoms with van der Waals surface area (Å²) in [6, 6.07) is 11.1. The van der Waals surface area contributed by atoms with Gasteiger partial charge >= 0.3 is 0 Å². The van der Waals surface area contributed by atoms with Crippen molar-refractivity contribution in [2.75, 3.05) is 0 Å². The van der Waals surface area contributed by atoms with Crippen LogP contribution in [0.15, 0.2) is 43.0 Å². The van der Waals surface area contributed by atoms with Gasteiger partial charge in [0.25, 0.3) is 0 Å². The Hall–Kier alpha value is -1.04. The highest BCUT2D eigenvalue weighted by Gasteiger charge is 2.09. The molecule has 0 aliphatic heterocycles. The molecule has 0 saturated heterocycles. The molecular formula is C20H32. The van der Waals surface area contributed by atoms with Crippen LogP contribution >= 0.6 is 0 Å². The Morgan fingerprint density at radius 3 is 2.20 bits per heavy atom. The Balaban J connectivity index is 2.15. The van der Waals surface area contributed by atoms with E-state index in [2.05, 4.69) is 43.8 Å². The van der Waals surface area contributed by atoms with Gasteiger partial charge in [-0.25, -0.2) is 0 Å². The molecule has 0 heterocycles. The number of rotatable bonds is 12. The Morgan fingerprint density at radius 2 is 1.55 bits per heavy atom. The third-order valence-electron chi connectivity index (χ3n) is 4.12. The summed E-state index contributed by atoms with van der Waals surface area (Å²) in [7, 11) is 0. The fourth-order valence-electron chi connectivity index (χ4n) is 2.94. The fourth-order valence-corrected chi connectivity index (χ4v) is 2.94. The maximum atomic E-state index is 3.77. The van der Waals surface area contributed by atoms with E-state index in [0.717, 1.165) is 5.92 Å². The first-order valence-corrected chi connectivity index (χ1v) is 8.54. The summed E-state index contributed by atoms with van der Waals surface area (Å²) in [6.07, 6.45) is 15.5. The van der Waals surface area contributed by atoms with Crippen LogP contribution in [0.4, 0.5) is 0 Å². The Morgan fingerprint density at radius 1 is 0.900 bits per heavy atom. The van der Waals surface area contributed by atoms with Gasteiger partial charge in [0.05, 0.1) is 0 Å². The van der Waals surface area contributed by atoms with Crippen molar-refractivity contribution >= 4 is 0 Å². The molecule has 0 heteroatoms. The minimum atomic E-state index is 0.780. The lowest BCUT2D eigenvalue weighted by atomic mass is 9.89. The molecule has 0 bridgehead atoms. The molecule has 1 aromatic rings. The Labute approximate surface area is 126 Å². The number of hydrogen-bond acceptors (Lipinski definition) is 0. The van der Waals surface area contributed by atoms with E-state index in [1.807, 2.05) is 6.08 Å². The van der Waals surface area contributed by atoms with Crippen LogP contribution in [0.5, 0.6) is 0 Å². The van der Waals surface area contributed by atoms with Crippen molar-refractivity contribution in [1.82, 2.24) is 0 Å². The molecular weight excluding hydrogens is 240 g/mol. The summed E-state index contributed by atoms with van der Waals surface area (Å²) in [4.78, 5) is 0. The first kappa shape index (κ1) is 17.0. The van der Waals surface area contributed by atoms with Crippen molar-refractivity contribution in [3.8, 4) is 0 Å². The Bertz CT molecular complexity index is 325. The monoisotopic (exact) mass is 272 g/mol. The Kier molecular flexibility index (Phi) is 10.0. The molecule has 0 aliphatic rings. The van der Waals surface area contributed by atoms with E-state index >= 15 is 0 Å². The van der Waals surface area contributed by atoms with Crippen LogP contribution in [-0.4, -0.2) is 0 Å². The fraction of sp³-hybridized carbons (Fsp3) is 0.600. The van der Waals surface area contributed by atoms with Gasteiger partial charge in [0.15, 0.2) is 0 Å². The molecule has 1 atom stereocenters. The SMILES string of the molecule is C=CCCCCCCCCC(CCC)c1ccccc1. The van der Waals surface area contributed by atoms with Crippen molar-refractivity contribution < 1.29 is 0 Å². The smallest absolute Gasteiger partial charge is 0.0162 e. The van der Waals surface area contributed by atoms with Gasteiger partial charge in [0.2, 0.25) is 0 Å². The maximum Gasteiger partial charge on any atom is -0.0162 e. The molecule has 0 saturated carbocycles. The number of allylic oxidation sites excluding steroid dienone is 1. The van der Waals surface area contributed by atoms with Gasteiger partial charge in [0, 0.05) is 0 Å². The largest absolute Gasteiger partial charge is 0.103 e. The van der Waals surface area contributed by atoms with E-state index in [1.165, 1.54) is 64.2 Å². The molecule has 0 aromatic heterocycles. The first-order valence-electron chi connectivity index (χ1n) is 8.54. The second-order valence-electron chi connectivity index (χ2n) is 5.88. The third-order valence-corrected chi connectivity index (χ3v) is 4.12. The highest BCUT2D eigenvalue weighted by atomic mass is 14.1. The number of benzene rings is 1. The number of unbranched alkanes of at least 4 members (excludes halogenated alkanes) is 6. The van der Waals surface area contributed by atoms with Gasteiger partial charge in [-0.05, 0) is 37.2 Å². The molecule has 0 spiro atoms. The molecule has 0 radical (unpaired) electrons. The van der Waals surface area contributed by atoms with E-state index in [0.29, 0.717) is 0 Å². The van der Waals surface area contributed by atoms with Crippen LogP contribution in [0.25, 0.3) is 0 Å². The highest BCUT2D eigenvalue weighted by Crippen LogP contribution is 2.27. The first-order chi connectivity index (χ1) is 9.88. The van der Waals surface area contributed by atoms with Crippen LogP contribution in [0, 0.1) is 0 Å². The van der Waals surface area contributed by atoms with Gasteiger partial charge in [-0.1, -0.05) is 81.9 Å². The van der Waals surface area contributed by atoms with Crippen molar-refractivity contribution in [2.24, 2.45) is 0 Å². The summed E-state index contributed by atoms with van der Waals surface area (Å²) >= 11 is 0. The lowest BCUT2D eigenvalue weighted by Crippen LogP contribution is -1.98. The molecule has 0 amide bonds. The highest BCUT2D eigenvalue weighted by molar-refractivity contribution is 5.19. The molecule has 0 nitrogen and oxygen atoms in total. The van der Waals surface area contributed by atoms with Crippen LogP contribution in [0.2, 0.25) is 0 Å². The summed E-state index contributed by atoms with van der Waals surface area (Å²) in [6.45, 7) is 6.07. The lowest BCUT2D eigenvalue weighted by molar-refractivity contribution is 0.511. The van der Waals surface area contributed by atoms with Gasteiger partial charge in [0.1, 0.15) is 0 Å². The minimum absolute atomic E-state index is 0.780. The van der Waals surface area contributed by atoms with Crippen LogP contribution in [0.3, 0.4) is 0 Å². The van der Waals surface area contributed by atoms with E-state index in [-0.39, 0.29) is 0 Å². The summed E-state index contributed by atoms with van der Waals surface area (Å²) in [5.41, 5.74) is 1.54. The quantitative estimate of drug-likeness (QED) is 0.287. The summed E-state index contributed by atoms with van der Waals surface area (Å²) < 4.78 is 0. The van der Waals surface area contributed by atoms with E-state index in [9.17, 15) is 0 Å². The molecule has 1 rings (SSSR count). The van der Waals surface area contributed by atoms with Crippen LogP contribution in [0.1, 0.15) is 82.6 Å². The third kappa shape index (κ3) is 7.53. The van der Waals surface area contributed by atoms with E-state index in [4.69, 9.17) is 0 Å². The van der Waals surface area contributed by atoms with Crippen LogP contribution in [-0.2, 0) is 0 Å². The minimum Gasteiger partial charge on any atom is -0.103 e. The zero-order valence-electron chi connectivity index (χ0n) is 13.3. The van der Waals surface area contributed by atoms with Gasteiger partial charge in [-0.15, -0.1) is 6.58 Å². The summed E-state index contributed by atoms with van der Waals surface area (Å²) in [5.74, 6) is 0.780. The van der Waals surface area contributed by atoms with Crippen molar-refractivity contribution in [1.29, 1.82) is 0 Å². The number of hydrogen-bond donors (Lipinski definition) is 0. The van der Waals surface area contributed by atoms with Crippen molar-refractivity contribution in [3.63, 3.8) is 0 Å². The predicted octanol–water partition coefficient (Wildman–Crippen LogP) is 6.88. The van der Waals surface area contributed by atoms with Crippen LogP contribution < -0.4 is 0 Å². The predicted molar refractivity (Wildman–Crippen MR) is 91.2 cm³/mol. The maximum absolute atomic E-state index is 3.77. The van der Waals surface area contributed by atoms with Gasteiger partial charge in [-0.3, -0.25) is 0 Å². The average Bonchev–Trinajstić information content (AvgIpc) is 2.50. The zero-order valence-corrected chi connectivity index (χ0v) is 13.3. The molecule has 20 heavy (non-hydrogen) atoms. The van der Waals surface area contributed by atoms with Crippen molar-refractivity contribution in [3.05, 3.63) is 48.6 Å². The topological polar surface area (TPSA) is 0 Å². The zero-order chi connectivity index (χ0) is 14.5. The van der Waals surface area contributed by atoms with Gasteiger partial charge < -0.3 is 0 Å². The summed E-state index contributed by atoms with van der Waals surface area (Å²) in [5, 5.41) is 0. The lowest BCUT2D eigenvalue weighted by Gasteiger charge is -2.16. The molecule has 0 aliphatic carbocycles. The molecule has 0 fully saturated rings. The normalized spacial score (nSPS) is 12.2. The average molecular weight is 272 g/mol. The standard InChI is InChI=1S/C20H32/c1-3-5-6-7-8-9-10-12-16-19(15-4-2)20-17-13-11-14-18-20/h3,11,13-14,17-19H,1,4-10,12,15-16H2,2H3. The molecule has 1 aromatic carbocycles. The van der Waals surface area contributed by atoms with Crippen molar-refractivity contribution in [2.45, 2.75) is 77.0 Å². The second kappa shape index (κ2) is 11.8. The van der Waals surface area contributed by atoms with Gasteiger partial charge in [-0.2, -0.15) is 0 Å².